The van der Waals surface area contributed by atoms with Crippen LogP contribution < -0.4 is 4.74 Å². The van der Waals surface area contributed by atoms with Crippen LogP contribution >= 0.6 is 0 Å². The maximum absolute atomic E-state index is 10.1. The summed E-state index contributed by atoms with van der Waals surface area (Å²) in [4.78, 5) is 13.8. The molecule has 0 aliphatic carbocycles. The lowest BCUT2D eigenvalue weighted by atomic mass is 10.0. The molecular weight excluding hydrogens is 178 g/mol. The third-order valence-electron chi connectivity index (χ3n) is 2.24. The van der Waals surface area contributed by atoms with E-state index < -0.39 is 0 Å². The molecule has 0 aliphatic heterocycles. The predicted octanol–water partition coefficient (Wildman–Crippen LogP) is 2.40. The Kier molecular flexibility index (Phi) is 3.43. The molecule has 1 rings (SSSR count). The minimum atomic E-state index is -0.164. The second-order valence-electron chi connectivity index (χ2n) is 3.07. The zero-order valence-corrected chi connectivity index (χ0v) is 8.57. The van der Waals surface area contributed by atoms with Gasteiger partial charge in [-0.25, -0.2) is 4.79 Å². The topological polar surface area (TPSA) is 38.7 Å². The minimum absolute atomic E-state index is 0.164. The molecule has 1 unspecified atom stereocenters. The fourth-order valence-corrected chi connectivity index (χ4v) is 1.45. The van der Waals surface area contributed by atoms with Crippen LogP contribution in [0.1, 0.15) is 24.1 Å². The molecule has 0 N–H and O–H groups in total. The highest BCUT2D eigenvalue weighted by Crippen LogP contribution is 2.27. The van der Waals surface area contributed by atoms with Gasteiger partial charge in [0.05, 0.1) is 13.2 Å². The van der Waals surface area contributed by atoms with Gasteiger partial charge in [-0.05, 0) is 31.0 Å². The summed E-state index contributed by atoms with van der Waals surface area (Å²) in [5, 5.41) is 0. The highest BCUT2D eigenvalue weighted by Gasteiger charge is 2.09. The fourth-order valence-electron chi connectivity index (χ4n) is 1.45. The molecule has 0 radical (unpaired) electrons. The summed E-state index contributed by atoms with van der Waals surface area (Å²) >= 11 is 0. The molecule has 0 aromatic heterocycles. The summed E-state index contributed by atoms with van der Waals surface area (Å²) < 4.78 is 5.17. The van der Waals surface area contributed by atoms with E-state index >= 15 is 0 Å². The molecule has 0 aliphatic rings. The van der Waals surface area contributed by atoms with Gasteiger partial charge in [-0.1, -0.05) is 12.1 Å². The SMILES string of the molecule is COc1cccc(C(C)N=C=O)c1C. The van der Waals surface area contributed by atoms with Crippen molar-refractivity contribution in [3.05, 3.63) is 29.3 Å². The van der Waals surface area contributed by atoms with Crippen molar-refractivity contribution in [1.82, 2.24) is 0 Å². The predicted molar refractivity (Wildman–Crippen MR) is 54.3 cm³/mol. The van der Waals surface area contributed by atoms with Crippen molar-refractivity contribution in [2.45, 2.75) is 19.9 Å². The van der Waals surface area contributed by atoms with E-state index in [1.54, 1.807) is 13.2 Å². The van der Waals surface area contributed by atoms with E-state index in [4.69, 9.17) is 4.74 Å². The smallest absolute Gasteiger partial charge is 0.235 e. The van der Waals surface area contributed by atoms with Crippen LogP contribution in [0, 0.1) is 6.92 Å². The number of ether oxygens (including phenoxy) is 1. The van der Waals surface area contributed by atoms with E-state index in [1.165, 1.54) is 0 Å². The summed E-state index contributed by atoms with van der Waals surface area (Å²) in [6.45, 7) is 3.80. The van der Waals surface area contributed by atoms with Crippen molar-refractivity contribution in [2.75, 3.05) is 7.11 Å². The molecule has 0 saturated carbocycles. The quantitative estimate of drug-likeness (QED) is 0.543. The average Bonchev–Trinajstić information content (AvgIpc) is 2.18. The van der Waals surface area contributed by atoms with Crippen LogP contribution in [0.2, 0.25) is 0 Å². The highest BCUT2D eigenvalue weighted by atomic mass is 16.5. The Labute approximate surface area is 83.4 Å². The summed E-state index contributed by atoms with van der Waals surface area (Å²) in [6, 6.07) is 5.54. The normalized spacial score (nSPS) is 11.6. The molecule has 1 aromatic carbocycles. The van der Waals surface area contributed by atoms with Crippen molar-refractivity contribution in [1.29, 1.82) is 0 Å². The number of nitrogens with zero attached hydrogens (tertiary/aromatic N) is 1. The summed E-state index contributed by atoms with van der Waals surface area (Å²) in [5.41, 5.74) is 2.01. The molecule has 1 atom stereocenters. The first-order chi connectivity index (χ1) is 6.70. The number of carbonyl (C=O) groups excluding carboxylic acids is 1. The molecule has 0 amide bonds. The molecule has 3 heteroatoms. The molecule has 1 aromatic rings. The van der Waals surface area contributed by atoms with Gasteiger partial charge in [0.25, 0.3) is 0 Å². The Morgan fingerprint density at radius 2 is 2.21 bits per heavy atom. The Morgan fingerprint density at radius 3 is 2.79 bits per heavy atom. The van der Waals surface area contributed by atoms with Crippen LogP contribution in [0.3, 0.4) is 0 Å². The van der Waals surface area contributed by atoms with Crippen molar-refractivity contribution in [3.8, 4) is 5.75 Å². The number of hydrogen-bond donors (Lipinski definition) is 0. The Morgan fingerprint density at radius 1 is 1.50 bits per heavy atom. The first kappa shape index (κ1) is 10.5. The second-order valence-corrected chi connectivity index (χ2v) is 3.07. The second kappa shape index (κ2) is 4.58. The monoisotopic (exact) mass is 191 g/mol. The number of isocyanates is 1. The standard InChI is InChI=1S/C11H13NO2/c1-8-10(9(2)12-7-13)5-4-6-11(8)14-3/h4-6,9H,1-3H3. The van der Waals surface area contributed by atoms with Crippen LogP contribution in [-0.4, -0.2) is 13.2 Å². The number of aliphatic imine (C=N–C) groups is 1. The summed E-state index contributed by atoms with van der Waals surface area (Å²) in [6.07, 6.45) is 1.56. The molecule has 14 heavy (non-hydrogen) atoms. The van der Waals surface area contributed by atoms with E-state index in [9.17, 15) is 4.79 Å². The van der Waals surface area contributed by atoms with E-state index in [0.29, 0.717) is 0 Å². The van der Waals surface area contributed by atoms with Gasteiger partial charge >= 0.3 is 0 Å². The van der Waals surface area contributed by atoms with Crippen molar-refractivity contribution in [3.63, 3.8) is 0 Å². The van der Waals surface area contributed by atoms with Crippen LogP contribution in [-0.2, 0) is 4.79 Å². The van der Waals surface area contributed by atoms with Gasteiger partial charge in [-0.3, -0.25) is 0 Å². The van der Waals surface area contributed by atoms with Gasteiger partial charge < -0.3 is 4.74 Å². The van der Waals surface area contributed by atoms with Crippen molar-refractivity contribution < 1.29 is 9.53 Å². The van der Waals surface area contributed by atoms with Gasteiger partial charge in [0.15, 0.2) is 0 Å². The van der Waals surface area contributed by atoms with Crippen LogP contribution in [0.25, 0.3) is 0 Å². The first-order valence-corrected chi connectivity index (χ1v) is 4.41. The Balaban J connectivity index is 3.14. The molecular formula is C11H13NO2. The lowest BCUT2D eigenvalue weighted by Gasteiger charge is -2.11. The van der Waals surface area contributed by atoms with Gasteiger partial charge in [0.1, 0.15) is 5.75 Å². The molecule has 0 bridgehead atoms. The number of benzene rings is 1. The van der Waals surface area contributed by atoms with Gasteiger partial charge in [0.2, 0.25) is 6.08 Å². The van der Waals surface area contributed by atoms with Crippen LogP contribution in [0.5, 0.6) is 5.75 Å². The molecule has 0 spiro atoms. The zero-order chi connectivity index (χ0) is 10.6. The van der Waals surface area contributed by atoms with E-state index in [0.717, 1.165) is 16.9 Å². The summed E-state index contributed by atoms with van der Waals surface area (Å²) in [7, 11) is 1.62. The minimum Gasteiger partial charge on any atom is -0.496 e. The number of hydrogen-bond acceptors (Lipinski definition) is 3. The summed E-state index contributed by atoms with van der Waals surface area (Å²) in [5.74, 6) is 0.815. The average molecular weight is 191 g/mol. The van der Waals surface area contributed by atoms with E-state index in [2.05, 4.69) is 4.99 Å². The Bertz CT molecular complexity index is 368. The molecule has 0 heterocycles. The van der Waals surface area contributed by atoms with Crippen molar-refractivity contribution >= 4 is 6.08 Å². The molecule has 74 valence electrons. The largest absolute Gasteiger partial charge is 0.496 e. The van der Waals surface area contributed by atoms with Gasteiger partial charge in [-0.2, -0.15) is 4.99 Å². The highest BCUT2D eigenvalue weighted by molar-refractivity contribution is 5.42. The van der Waals surface area contributed by atoms with Crippen molar-refractivity contribution in [2.24, 2.45) is 4.99 Å². The lowest BCUT2D eigenvalue weighted by molar-refractivity contribution is 0.410. The molecule has 0 fully saturated rings. The van der Waals surface area contributed by atoms with Gasteiger partial charge in [-0.15, -0.1) is 0 Å². The van der Waals surface area contributed by atoms with E-state index in [-0.39, 0.29) is 6.04 Å². The maximum atomic E-state index is 10.1. The third-order valence-corrected chi connectivity index (χ3v) is 2.24. The first-order valence-electron chi connectivity index (χ1n) is 4.41. The molecule has 3 nitrogen and oxygen atoms in total. The number of methoxy groups -OCH3 is 1. The zero-order valence-electron chi connectivity index (χ0n) is 8.57. The van der Waals surface area contributed by atoms with Crippen LogP contribution in [0.4, 0.5) is 0 Å². The Hall–Kier alpha value is -1.60. The van der Waals surface area contributed by atoms with Crippen LogP contribution in [0.15, 0.2) is 23.2 Å². The lowest BCUT2D eigenvalue weighted by Crippen LogP contribution is -1.96. The maximum Gasteiger partial charge on any atom is 0.235 e. The van der Waals surface area contributed by atoms with E-state index in [1.807, 2.05) is 32.0 Å². The third kappa shape index (κ3) is 2.01. The van der Waals surface area contributed by atoms with Gasteiger partial charge in [0, 0.05) is 0 Å². The fraction of sp³-hybridized carbons (Fsp3) is 0.364. The molecule has 0 saturated heterocycles. The number of rotatable bonds is 3.